The Morgan fingerprint density at radius 2 is 1.96 bits per heavy atom. The Morgan fingerprint density at radius 1 is 1.20 bits per heavy atom. The first-order valence-corrected chi connectivity index (χ1v) is 8.71. The van der Waals surface area contributed by atoms with Gasteiger partial charge in [-0.15, -0.1) is 0 Å². The van der Waals surface area contributed by atoms with Gasteiger partial charge < -0.3 is 15.1 Å². The van der Waals surface area contributed by atoms with E-state index < -0.39 is 0 Å². The lowest BCUT2D eigenvalue weighted by atomic mass is 10.2. The van der Waals surface area contributed by atoms with Crippen LogP contribution in [0.15, 0.2) is 35.8 Å². The van der Waals surface area contributed by atoms with Gasteiger partial charge in [0, 0.05) is 65.4 Å². The van der Waals surface area contributed by atoms with Gasteiger partial charge in [-0.3, -0.25) is 9.67 Å². The van der Waals surface area contributed by atoms with Crippen molar-refractivity contribution < 1.29 is 0 Å². The molecular formula is C17H26N8. The molecule has 8 nitrogen and oxygen atoms in total. The summed E-state index contributed by atoms with van der Waals surface area (Å²) in [6.07, 6.45) is 9.66. The molecule has 2 aromatic heterocycles. The molecule has 1 saturated heterocycles. The fourth-order valence-corrected chi connectivity index (χ4v) is 3.00. The van der Waals surface area contributed by atoms with Gasteiger partial charge in [0.25, 0.3) is 0 Å². The van der Waals surface area contributed by atoms with Gasteiger partial charge in [-0.05, 0) is 24.5 Å². The molecule has 0 amide bonds. The van der Waals surface area contributed by atoms with E-state index in [0.29, 0.717) is 0 Å². The molecule has 0 atom stereocenters. The molecule has 3 rings (SSSR count). The molecule has 0 saturated carbocycles. The molecule has 134 valence electrons. The Kier molecular flexibility index (Phi) is 5.81. The average Bonchev–Trinajstić information content (AvgIpc) is 3.08. The molecule has 2 aromatic rings. The lowest BCUT2D eigenvalue weighted by Crippen LogP contribution is -2.53. The van der Waals surface area contributed by atoms with Gasteiger partial charge in [0.15, 0.2) is 5.96 Å². The first kappa shape index (κ1) is 17.2. The van der Waals surface area contributed by atoms with Crippen LogP contribution in [0.4, 0.5) is 5.95 Å². The van der Waals surface area contributed by atoms with E-state index in [1.54, 1.807) is 12.4 Å². The van der Waals surface area contributed by atoms with Crippen LogP contribution < -0.4 is 10.2 Å². The molecule has 25 heavy (non-hydrogen) atoms. The summed E-state index contributed by atoms with van der Waals surface area (Å²) < 4.78 is 1.84. The zero-order valence-electron chi connectivity index (χ0n) is 15.0. The van der Waals surface area contributed by atoms with Gasteiger partial charge in [0.1, 0.15) is 0 Å². The minimum absolute atomic E-state index is 0.807. The standard InChI is InChI=1S/C17H26N8/c1-18-16(19-6-3-5-15-13-22-23(2)14-15)24-9-11-25(12-10-24)17-20-7-4-8-21-17/h4,7-8,13-14H,3,5-6,9-12H2,1-2H3,(H,18,19). The zero-order valence-corrected chi connectivity index (χ0v) is 15.0. The van der Waals surface area contributed by atoms with E-state index in [9.17, 15) is 0 Å². The van der Waals surface area contributed by atoms with Crippen LogP contribution in [0, 0.1) is 0 Å². The maximum Gasteiger partial charge on any atom is 0.225 e. The van der Waals surface area contributed by atoms with Crippen molar-refractivity contribution >= 4 is 11.9 Å². The van der Waals surface area contributed by atoms with Crippen molar-refractivity contribution in [1.82, 2.24) is 30.0 Å². The summed E-state index contributed by atoms with van der Waals surface area (Å²) in [5.41, 5.74) is 1.27. The van der Waals surface area contributed by atoms with Crippen LogP contribution in [0.5, 0.6) is 0 Å². The number of aryl methyl sites for hydroxylation is 2. The van der Waals surface area contributed by atoms with Gasteiger partial charge >= 0.3 is 0 Å². The number of hydrogen-bond acceptors (Lipinski definition) is 5. The molecule has 1 fully saturated rings. The topological polar surface area (TPSA) is 74.5 Å². The Hall–Kier alpha value is -2.64. The second-order valence-electron chi connectivity index (χ2n) is 6.12. The number of anilines is 1. The number of rotatable bonds is 5. The number of aliphatic imine (C=N–C) groups is 1. The smallest absolute Gasteiger partial charge is 0.225 e. The zero-order chi connectivity index (χ0) is 17.5. The lowest BCUT2D eigenvalue weighted by Gasteiger charge is -2.36. The van der Waals surface area contributed by atoms with Gasteiger partial charge in [-0.25, -0.2) is 9.97 Å². The van der Waals surface area contributed by atoms with Crippen molar-refractivity contribution in [2.24, 2.45) is 12.0 Å². The number of guanidine groups is 1. The number of piperazine rings is 1. The second-order valence-corrected chi connectivity index (χ2v) is 6.12. The van der Waals surface area contributed by atoms with Gasteiger partial charge in [-0.2, -0.15) is 5.10 Å². The van der Waals surface area contributed by atoms with E-state index in [2.05, 4.69) is 41.4 Å². The van der Waals surface area contributed by atoms with Crippen molar-refractivity contribution in [3.63, 3.8) is 0 Å². The minimum Gasteiger partial charge on any atom is -0.356 e. The van der Waals surface area contributed by atoms with Crippen molar-refractivity contribution in [3.8, 4) is 0 Å². The Morgan fingerprint density at radius 3 is 2.60 bits per heavy atom. The van der Waals surface area contributed by atoms with E-state index >= 15 is 0 Å². The van der Waals surface area contributed by atoms with Gasteiger partial charge in [0.05, 0.1) is 6.20 Å². The quantitative estimate of drug-likeness (QED) is 0.486. The number of hydrogen-bond donors (Lipinski definition) is 1. The number of nitrogens with one attached hydrogen (secondary N) is 1. The highest BCUT2D eigenvalue weighted by molar-refractivity contribution is 5.80. The predicted octanol–water partition coefficient (Wildman–Crippen LogP) is 0.540. The van der Waals surface area contributed by atoms with Crippen LogP contribution in [0.2, 0.25) is 0 Å². The highest BCUT2D eigenvalue weighted by Gasteiger charge is 2.20. The summed E-state index contributed by atoms with van der Waals surface area (Å²) in [4.78, 5) is 17.6. The van der Waals surface area contributed by atoms with Crippen molar-refractivity contribution in [2.75, 3.05) is 44.7 Å². The molecular weight excluding hydrogens is 316 g/mol. The maximum absolute atomic E-state index is 4.42. The van der Waals surface area contributed by atoms with Crippen molar-refractivity contribution in [3.05, 3.63) is 36.4 Å². The molecule has 1 aliphatic rings. The van der Waals surface area contributed by atoms with E-state index in [-0.39, 0.29) is 0 Å². The molecule has 0 unspecified atom stereocenters. The Labute approximate surface area is 148 Å². The predicted molar refractivity (Wildman–Crippen MR) is 98.7 cm³/mol. The molecule has 0 bridgehead atoms. The molecule has 1 aliphatic heterocycles. The molecule has 0 spiro atoms. The van der Waals surface area contributed by atoms with Crippen molar-refractivity contribution in [2.45, 2.75) is 12.8 Å². The summed E-state index contributed by atoms with van der Waals surface area (Å²) in [5, 5.41) is 7.67. The molecule has 8 heteroatoms. The van der Waals surface area contributed by atoms with Gasteiger partial charge in [0.2, 0.25) is 5.95 Å². The highest BCUT2D eigenvalue weighted by Crippen LogP contribution is 2.09. The van der Waals surface area contributed by atoms with Gasteiger partial charge in [-0.1, -0.05) is 0 Å². The number of aromatic nitrogens is 4. The van der Waals surface area contributed by atoms with E-state index in [1.165, 1.54) is 5.56 Å². The lowest BCUT2D eigenvalue weighted by molar-refractivity contribution is 0.370. The fraction of sp³-hybridized carbons (Fsp3) is 0.529. The average molecular weight is 342 g/mol. The Balaban J connectivity index is 1.41. The summed E-state index contributed by atoms with van der Waals surface area (Å²) in [7, 11) is 3.79. The third-order valence-corrected chi connectivity index (χ3v) is 4.31. The summed E-state index contributed by atoms with van der Waals surface area (Å²) in [6.45, 7) is 4.55. The Bertz CT molecular complexity index is 673. The second kappa shape index (κ2) is 8.46. The molecule has 1 N–H and O–H groups in total. The van der Waals surface area contributed by atoms with Crippen LogP contribution in [0.25, 0.3) is 0 Å². The van der Waals surface area contributed by atoms with E-state index in [0.717, 1.165) is 57.5 Å². The van der Waals surface area contributed by atoms with Crippen LogP contribution in [-0.4, -0.2) is 70.4 Å². The molecule has 0 aliphatic carbocycles. The normalized spacial score (nSPS) is 15.5. The first-order valence-electron chi connectivity index (χ1n) is 8.71. The molecule has 0 aromatic carbocycles. The largest absolute Gasteiger partial charge is 0.356 e. The van der Waals surface area contributed by atoms with Crippen LogP contribution in [-0.2, 0) is 13.5 Å². The van der Waals surface area contributed by atoms with E-state index in [1.807, 2.05) is 31.0 Å². The third-order valence-electron chi connectivity index (χ3n) is 4.31. The maximum atomic E-state index is 4.42. The highest BCUT2D eigenvalue weighted by atomic mass is 15.4. The summed E-state index contributed by atoms with van der Waals surface area (Å²) >= 11 is 0. The van der Waals surface area contributed by atoms with Crippen LogP contribution in [0.1, 0.15) is 12.0 Å². The summed E-state index contributed by atoms with van der Waals surface area (Å²) in [5.74, 6) is 1.78. The SMILES string of the molecule is CN=C(NCCCc1cnn(C)c1)N1CCN(c2ncccn2)CC1. The van der Waals surface area contributed by atoms with Crippen molar-refractivity contribution in [1.29, 1.82) is 0 Å². The third kappa shape index (κ3) is 4.68. The van der Waals surface area contributed by atoms with E-state index in [4.69, 9.17) is 0 Å². The fourth-order valence-electron chi connectivity index (χ4n) is 3.00. The summed E-state index contributed by atoms with van der Waals surface area (Å²) in [6, 6.07) is 1.84. The number of nitrogens with zero attached hydrogens (tertiary/aromatic N) is 7. The molecule has 0 radical (unpaired) electrons. The van der Waals surface area contributed by atoms with Crippen LogP contribution >= 0.6 is 0 Å². The minimum atomic E-state index is 0.807. The first-order chi connectivity index (χ1) is 12.3. The van der Waals surface area contributed by atoms with Crippen LogP contribution in [0.3, 0.4) is 0 Å². The molecule has 3 heterocycles. The monoisotopic (exact) mass is 342 g/mol.